The molecule has 0 N–H and O–H groups in total. The van der Waals surface area contributed by atoms with Crippen LogP contribution in [-0.4, -0.2) is 52.3 Å². The van der Waals surface area contributed by atoms with E-state index >= 15 is 0 Å². The van der Waals surface area contributed by atoms with Gasteiger partial charge < -0.3 is 18.8 Å². The van der Waals surface area contributed by atoms with E-state index in [9.17, 15) is 14.4 Å². The van der Waals surface area contributed by atoms with Crippen molar-refractivity contribution in [2.45, 2.75) is 33.7 Å². The van der Waals surface area contributed by atoms with Gasteiger partial charge in [-0.1, -0.05) is 6.07 Å². The summed E-state index contributed by atoms with van der Waals surface area (Å²) in [5, 5.41) is 0.209. The highest BCUT2D eigenvalue weighted by molar-refractivity contribution is 5.97. The first-order valence-electron chi connectivity index (χ1n) is 12.6. The van der Waals surface area contributed by atoms with E-state index < -0.39 is 11.9 Å². The van der Waals surface area contributed by atoms with Crippen molar-refractivity contribution in [1.29, 1.82) is 0 Å². The largest absolute Gasteiger partial charge is 0.494 e. The molecule has 3 heterocycles. The lowest BCUT2D eigenvalue weighted by atomic mass is 10.2. The number of rotatable bonds is 10. The minimum absolute atomic E-state index is 0.00447. The third-order valence-corrected chi connectivity index (χ3v) is 5.78. The number of aryl methyl sites for hydroxylation is 1. The Morgan fingerprint density at radius 2 is 1.79 bits per heavy atom. The van der Waals surface area contributed by atoms with Crippen molar-refractivity contribution in [2.24, 2.45) is 4.99 Å². The first-order valence-corrected chi connectivity index (χ1v) is 12.6. The van der Waals surface area contributed by atoms with E-state index in [4.69, 9.17) is 19.2 Å². The Balaban J connectivity index is 1.99. The molecule has 0 saturated heterocycles. The zero-order valence-corrected chi connectivity index (χ0v) is 21.7. The molecule has 4 rings (SSSR count). The molecule has 10 heteroatoms. The van der Waals surface area contributed by atoms with Crippen LogP contribution in [-0.2, 0) is 16.0 Å². The minimum Gasteiger partial charge on any atom is -0.494 e. The van der Waals surface area contributed by atoms with Crippen molar-refractivity contribution in [3.8, 4) is 5.75 Å². The molecule has 0 fully saturated rings. The summed E-state index contributed by atoms with van der Waals surface area (Å²) >= 11 is 0. The number of ether oxygens (including phenoxy) is 3. The number of carbonyl (C=O) groups excluding carboxylic acids is 2. The lowest BCUT2D eigenvalue weighted by Crippen LogP contribution is -2.33. The van der Waals surface area contributed by atoms with Gasteiger partial charge in [-0.2, -0.15) is 4.99 Å². The van der Waals surface area contributed by atoms with Crippen LogP contribution in [0.5, 0.6) is 5.75 Å². The Morgan fingerprint density at radius 1 is 1.00 bits per heavy atom. The summed E-state index contributed by atoms with van der Waals surface area (Å²) in [7, 11) is 0. The van der Waals surface area contributed by atoms with Crippen LogP contribution in [0.4, 0.5) is 0 Å². The monoisotopic (exact) mass is 518 g/mol. The molecule has 1 aromatic carbocycles. The van der Waals surface area contributed by atoms with Crippen molar-refractivity contribution in [1.82, 2.24) is 14.0 Å². The summed E-state index contributed by atoms with van der Waals surface area (Å²) in [6.45, 7) is 7.35. The standard InChI is InChI=1S/C28H30N4O6/c1-4-36-17-9-16-32-24-21(27(34)31-15-8-7-10-23(31)29-24)18-22(28(35)38-6-3)25(32)30-26(33)19-11-13-20(14-12-19)37-5-2/h7-8,10-15,18H,4-6,9,16-17H2,1-3H3. The second kappa shape index (κ2) is 12.3. The molecule has 0 radical (unpaired) electrons. The van der Waals surface area contributed by atoms with Crippen molar-refractivity contribution >= 4 is 28.6 Å². The zero-order valence-electron chi connectivity index (χ0n) is 21.7. The fraction of sp³-hybridized carbons (Fsp3) is 0.321. The molecule has 0 atom stereocenters. The zero-order chi connectivity index (χ0) is 27.1. The Labute approximate surface area is 219 Å². The van der Waals surface area contributed by atoms with Crippen LogP contribution in [0, 0.1) is 0 Å². The summed E-state index contributed by atoms with van der Waals surface area (Å²) in [4.78, 5) is 48.8. The first kappa shape index (κ1) is 26.7. The molecule has 0 bridgehead atoms. The fourth-order valence-corrected chi connectivity index (χ4v) is 4.06. The first-order chi connectivity index (χ1) is 18.5. The highest BCUT2D eigenvalue weighted by atomic mass is 16.5. The van der Waals surface area contributed by atoms with Crippen LogP contribution >= 0.6 is 0 Å². The Kier molecular flexibility index (Phi) is 8.65. The molecule has 0 aliphatic rings. The van der Waals surface area contributed by atoms with Crippen molar-refractivity contribution in [3.63, 3.8) is 0 Å². The number of nitrogens with zero attached hydrogens (tertiary/aromatic N) is 4. The van der Waals surface area contributed by atoms with Gasteiger partial charge in [-0.15, -0.1) is 0 Å². The molecule has 0 saturated carbocycles. The van der Waals surface area contributed by atoms with Crippen LogP contribution in [0.1, 0.15) is 47.9 Å². The number of fused-ring (bicyclic) bond motifs is 2. The molecule has 4 aromatic rings. The number of aromatic nitrogens is 3. The maximum atomic E-state index is 13.4. The van der Waals surface area contributed by atoms with Crippen LogP contribution in [0.25, 0.3) is 16.7 Å². The third-order valence-electron chi connectivity index (χ3n) is 5.78. The van der Waals surface area contributed by atoms with Crippen LogP contribution in [0.15, 0.2) is 64.5 Å². The maximum Gasteiger partial charge on any atom is 0.341 e. The highest BCUT2D eigenvalue weighted by Crippen LogP contribution is 2.15. The predicted octanol–water partition coefficient (Wildman–Crippen LogP) is 3.39. The second-order valence-electron chi connectivity index (χ2n) is 8.26. The van der Waals surface area contributed by atoms with E-state index in [0.717, 1.165) is 0 Å². The van der Waals surface area contributed by atoms with Gasteiger partial charge in [0.05, 0.1) is 18.6 Å². The second-order valence-corrected chi connectivity index (χ2v) is 8.26. The summed E-state index contributed by atoms with van der Waals surface area (Å²) in [6, 6.07) is 13.2. The minimum atomic E-state index is -0.691. The van der Waals surface area contributed by atoms with Gasteiger partial charge in [-0.25, -0.2) is 9.78 Å². The van der Waals surface area contributed by atoms with Gasteiger partial charge in [-0.3, -0.25) is 14.0 Å². The Morgan fingerprint density at radius 3 is 2.50 bits per heavy atom. The lowest BCUT2D eigenvalue weighted by molar-refractivity contribution is 0.0523. The van der Waals surface area contributed by atoms with Crippen molar-refractivity contribution < 1.29 is 23.8 Å². The summed E-state index contributed by atoms with van der Waals surface area (Å²) in [5.74, 6) is -0.623. The maximum absolute atomic E-state index is 13.4. The van der Waals surface area contributed by atoms with E-state index in [1.165, 1.54) is 10.5 Å². The van der Waals surface area contributed by atoms with Crippen LogP contribution in [0.2, 0.25) is 0 Å². The van der Waals surface area contributed by atoms with E-state index in [1.807, 2.05) is 13.8 Å². The van der Waals surface area contributed by atoms with Crippen molar-refractivity contribution in [3.05, 3.63) is 81.7 Å². The van der Waals surface area contributed by atoms with Gasteiger partial charge in [0.1, 0.15) is 22.6 Å². The topological polar surface area (TPSA) is 113 Å². The Hall–Kier alpha value is -4.31. The molecule has 0 unspecified atom stereocenters. The molecule has 198 valence electrons. The molecule has 0 spiro atoms. The number of hydrogen-bond acceptors (Lipinski definition) is 7. The van der Waals surface area contributed by atoms with Gasteiger partial charge in [-0.05, 0) is 69.7 Å². The summed E-state index contributed by atoms with van der Waals surface area (Å²) in [6.07, 6.45) is 2.15. The van der Waals surface area contributed by atoms with E-state index in [1.54, 1.807) is 60.2 Å². The quantitative estimate of drug-likeness (QED) is 0.180. The number of carbonyl (C=O) groups is 2. The molecule has 10 nitrogen and oxygen atoms in total. The molecule has 0 aliphatic heterocycles. The summed E-state index contributed by atoms with van der Waals surface area (Å²) < 4.78 is 19.3. The van der Waals surface area contributed by atoms with Gasteiger partial charge in [0.2, 0.25) is 0 Å². The molecular weight excluding hydrogens is 488 g/mol. The third kappa shape index (κ3) is 5.65. The predicted molar refractivity (Wildman–Crippen MR) is 142 cm³/mol. The van der Waals surface area contributed by atoms with Crippen LogP contribution < -0.4 is 15.8 Å². The number of esters is 1. The average Bonchev–Trinajstić information content (AvgIpc) is 2.92. The smallest absolute Gasteiger partial charge is 0.341 e. The van der Waals surface area contributed by atoms with Crippen LogP contribution in [0.3, 0.4) is 0 Å². The van der Waals surface area contributed by atoms with Crippen molar-refractivity contribution in [2.75, 3.05) is 26.4 Å². The van der Waals surface area contributed by atoms with Gasteiger partial charge in [0, 0.05) is 31.5 Å². The lowest BCUT2D eigenvalue weighted by Gasteiger charge is -2.15. The number of pyridine rings is 2. The number of hydrogen-bond donors (Lipinski definition) is 0. The Bertz CT molecular complexity index is 1590. The molecule has 1 amide bonds. The van der Waals surface area contributed by atoms with Gasteiger partial charge in [0.25, 0.3) is 11.5 Å². The van der Waals surface area contributed by atoms with Gasteiger partial charge in [0.15, 0.2) is 5.49 Å². The van der Waals surface area contributed by atoms with Gasteiger partial charge >= 0.3 is 5.97 Å². The summed E-state index contributed by atoms with van der Waals surface area (Å²) in [5.41, 5.74) is 0.776. The molecular formula is C28H30N4O6. The number of amides is 1. The molecule has 38 heavy (non-hydrogen) atoms. The normalized spacial score (nSPS) is 11.7. The fourth-order valence-electron chi connectivity index (χ4n) is 4.06. The molecule has 3 aromatic heterocycles. The average molecular weight is 519 g/mol. The SMILES string of the molecule is CCOCCCn1c(=NC(=O)c2ccc(OCC)cc2)c(C(=O)OCC)cc2c(=O)n3ccccc3nc21. The number of benzene rings is 1. The molecule has 0 aliphatic carbocycles. The van der Waals surface area contributed by atoms with E-state index in [-0.39, 0.29) is 28.6 Å². The van der Waals surface area contributed by atoms with E-state index in [2.05, 4.69) is 4.99 Å². The van der Waals surface area contributed by atoms with E-state index in [0.29, 0.717) is 55.4 Å². The highest BCUT2D eigenvalue weighted by Gasteiger charge is 2.20.